The molecule has 430 valence electrons. The molecule has 0 spiro atoms. The maximum Gasteiger partial charge on any atom is 0.306 e. The molecule has 0 radical (unpaired) electrons. The Labute approximate surface area is 455 Å². The summed E-state index contributed by atoms with van der Waals surface area (Å²) in [5.41, 5.74) is 0. The zero-order valence-electron chi connectivity index (χ0n) is 49.4. The predicted molar refractivity (Wildman–Crippen MR) is 316 cm³/mol. The minimum Gasteiger partial charge on any atom is -0.462 e. The highest BCUT2D eigenvalue weighted by Gasteiger charge is 2.19. The summed E-state index contributed by atoms with van der Waals surface area (Å²) in [4.78, 5) is 38.2. The highest BCUT2D eigenvalue weighted by molar-refractivity contribution is 5.71. The van der Waals surface area contributed by atoms with Crippen LogP contribution < -0.4 is 0 Å². The first-order valence-electron chi connectivity index (χ1n) is 32.8. The monoisotopic (exact) mass is 1030 g/mol. The van der Waals surface area contributed by atoms with Crippen LogP contribution in [0.25, 0.3) is 0 Å². The lowest BCUT2D eigenvalue weighted by Crippen LogP contribution is -2.30. The number of carbonyl (C=O) groups is 3. The van der Waals surface area contributed by atoms with Crippen LogP contribution >= 0.6 is 0 Å². The summed E-state index contributed by atoms with van der Waals surface area (Å²) in [5.74, 6) is -0.853. The van der Waals surface area contributed by atoms with E-state index in [4.69, 9.17) is 14.2 Å². The Bertz CT molecular complexity index is 1180. The molecule has 0 rings (SSSR count). The third kappa shape index (κ3) is 60.6. The number of ether oxygens (including phenoxy) is 3. The van der Waals surface area contributed by atoms with E-state index >= 15 is 0 Å². The Morgan fingerprint density at radius 1 is 0.260 bits per heavy atom. The minimum absolute atomic E-state index is 0.0681. The number of carbonyl (C=O) groups excluding carboxylic acids is 3. The zero-order valence-corrected chi connectivity index (χ0v) is 49.4. The van der Waals surface area contributed by atoms with Crippen LogP contribution in [0.15, 0.2) is 24.3 Å². The molecule has 0 aliphatic rings. The van der Waals surface area contributed by atoms with Crippen molar-refractivity contribution in [2.45, 2.75) is 374 Å². The van der Waals surface area contributed by atoms with Crippen LogP contribution in [0.1, 0.15) is 367 Å². The van der Waals surface area contributed by atoms with E-state index in [1.165, 1.54) is 263 Å². The number of hydrogen-bond acceptors (Lipinski definition) is 6. The van der Waals surface area contributed by atoms with Gasteiger partial charge in [0.05, 0.1) is 0 Å². The van der Waals surface area contributed by atoms with Crippen molar-refractivity contribution in [1.82, 2.24) is 0 Å². The van der Waals surface area contributed by atoms with E-state index < -0.39 is 6.10 Å². The Hall–Kier alpha value is -2.11. The van der Waals surface area contributed by atoms with Crippen LogP contribution in [0.5, 0.6) is 0 Å². The average molecular weight is 1030 g/mol. The molecule has 0 aromatic rings. The molecule has 0 aliphatic heterocycles. The fraction of sp³-hybridized carbons (Fsp3) is 0.896. The van der Waals surface area contributed by atoms with Crippen molar-refractivity contribution < 1.29 is 28.6 Å². The first-order chi connectivity index (χ1) is 36.0. The van der Waals surface area contributed by atoms with Gasteiger partial charge in [0.15, 0.2) is 6.10 Å². The van der Waals surface area contributed by atoms with Crippen molar-refractivity contribution in [3.05, 3.63) is 24.3 Å². The molecule has 0 aromatic heterocycles. The van der Waals surface area contributed by atoms with Crippen LogP contribution in [0.3, 0.4) is 0 Å². The normalized spacial score (nSPS) is 12.1. The molecular weight excluding hydrogens is 901 g/mol. The molecule has 0 N–H and O–H groups in total. The second kappa shape index (κ2) is 62.4. The third-order valence-corrected chi connectivity index (χ3v) is 14.9. The van der Waals surface area contributed by atoms with Crippen molar-refractivity contribution in [2.24, 2.45) is 0 Å². The number of allylic oxidation sites excluding steroid dienone is 4. The van der Waals surface area contributed by atoms with Crippen molar-refractivity contribution in [1.29, 1.82) is 0 Å². The highest BCUT2D eigenvalue weighted by Crippen LogP contribution is 2.18. The van der Waals surface area contributed by atoms with Gasteiger partial charge in [0.2, 0.25) is 0 Å². The molecule has 1 atom stereocenters. The third-order valence-electron chi connectivity index (χ3n) is 14.9. The van der Waals surface area contributed by atoms with Crippen LogP contribution in [0, 0.1) is 0 Å². The topological polar surface area (TPSA) is 78.9 Å². The molecule has 73 heavy (non-hydrogen) atoms. The molecule has 6 nitrogen and oxygen atoms in total. The quantitative estimate of drug-likeness (QED) is 0.0261. The van der Waals surface area contributed by atoms with E-state index in [0.717, 1.165) is 64.2 Å². The molecular formula is C67H126O6. The minimum atomic E-state index is -0.770. The van der Waals surface area contributed by atoms with Crippen molar-refractivity contribution in [2.75, 3.05) is 13.2 Å². The number of unbranched alkanes of at least 4 members (excludes halogenated alkanes) is 46. The van der Waals surface area contributed by atoms with Crippen molar-refractivity contribution in [3.63, 3.8) is 0 Å². The standard InChI is InChI=1S/C67H126O6/c1-4-7-10-13-16-19-22-25-27-28-29-30-31-32-33-34-35-36-37-38-39-40-41-43-45-48-51-54-57-60-66(69)72-63-64(62-71-65(68)59-56-53-50-47-44-24-21-18-15-12-9-6-3)73-67(70)61-58-55-52-49-46-42-26-23-20-17-14-11-8-5-2/h18,21,28-29,64H,4-17,19-20,22-27,30-63H2,1-3H3/b21-18-,29-28-. The summed E-state index contributed by atoms with van der Waals surface area (Å²) in [6.45, 7) is 6.67. The zero-order chi connectivity index (χ0) is 52.9. The van der Waals surface area contributed by atoms with Gasteiger partial charge in [-0.1, -0.05) is 302 Å². The van der Waals surface area contributed by atoms with E-state index in [9.17, 15) is 14.4 Å². The van der Waals surface area contributed by atoms with E-state index in [1.807, 2.05) is 0 Å². The summed E-state index contributed by atoms with van der Waals surface area (Å²) in [6, 6.07) is 0. The SMILES string of the molecule is CCCCC/C=C\CCCCCCCC(=O)OCC(COC(=O)CCCCCCCCCCCCCCCCCCC/C=C\CCCCCCCCCC)OC(=O)CCCCCCCCCCCCCCCC. The molecule has 0 bridgehead atoms. The van der Waals surface area contributed by atoms with Gasteiger partial charge < -0.3 is 14.2 Å². The van der Waals surface area contributed by atoms with E-state index in [1.54, 1.807) is 0 Å². The molecule has 6 heteroatoms. The lowest BCUT2D eigenvalue weighted by molar-refractivity contribution is -0.167. The molecule has 0 aliphatic carbocycles. The van der Waals surface area contributed by atoms with Gasteiger partial charge in [-0.25, -0.2) is 0 Å². The maximum atomic E-state index is 12.9. The Morgan fingerprint density at radius 2 is 0.452 bits per heavy atom. The van der Waals surface area contributed by atoms with Gasteiger partial charge in [-0.15, -0.1) is 0 Å². The summed E-state index contributed by atoms with van der Waals surface area (Å²) in [7, 11) is 0. The van der Waals surface area contributed by atoms with Crippen LogP contribution in [0.4, 0.5) is 0 Å². The Morgan fingerprint density at radius 3 is 0.712 bits per heavy atom. The summed E-state index contributed by atoms with van der Waals surface area (Å²) in [5, 5.41) is 0. The number of rotatable bonds is 61. The van der Waals surface area contributed by atoms with Gasteiger partial charge in [0.25, 0.3) is 0 Å². The average Bonchev–Trinajstić information content (AvgIpc) is 3.39. The highest BCUT2D eigenvalue weighted by atomic mass is 16.6. The van der Waals surface area contributed by atoms with Gasteiger partial charge in [0.1, 0.15) is 13.2 Å². The van der Waals surface area contributed by atoms with Gasteiger partial charge in [0, 0.05) is 19.3 Å². The summed E-state index contributed by atoms with van der Waals surface area (Å²) in [6.07, 6.45) is 74.9. The smallest absolute Gasteiger partial charge is 0.306 e. The van der Waals surface area contributed by atoms with Crippen LogP contribution in [-0.2, 0) is 28.6 Å². The molecule has 0 amide bonds. The predicted octanol–water partition coefficient (Wildman–Crippen LogP) is 22.2. The molecule has 0 aromatic carbocycles. The molecule has 0 fully saturated rings. The van der Waals surface area contributed by atoms with Gasteiger partial charge in [-0.05, 0) is 70.6 Å². The van der Waals surface area contributed by atoms with Gasteiger partial charge in [-0.2, -0.15) is 0 Å². The van der Waals surface area contributed by atoms with Crippen LogP contribution in [0.2, 0.25) is 0 Å². The molecule has 0 saturated heterocycles. The van der Waals surface area contributed by atoms with Gasteiger partial charge >= 0.3 is 17.9 Å². The van der Waals surface area contributed by atoms with Crippen molar-refractivity contribution in [3.8, 4) is 0 Å². The lowest BCUT2D eigenvalue weighted by Gasteiger charge is -2.18. The van der Waals surface area contributed by atoms with E-state index in [-0.39, 0.29) is 31.1 Å². The molecule has 1 unspecified atom stereocenters. The van der Waals surface area contributed by atoms with E-state index in [0.29, 0.717) is 19.3 Å². The second-order valence-electron chi connectivity index (χ2n) is 22.4. The molecule has 0 heterocycles. The van der Waals surface area contributed by atoms with Crippen LogP contribution in [-0.4, -0.2) is 37.2 Å². The first-order valence-corrected chi connectivity index (χ1v) is 32.8. The second-order valence-corrected chi connectivity index (χ2v) is 22.4. The maximum absolute atomic E-state index is 12.9. The number of esters is 3. The Kier molecular flexibility index (Phi) is 60.6. The van der Waals surface area contributed by atoms with Crippen molar-refractivity contribution >= 4 is 17.9 Å². The van der Waals surface area contributed by atoms with E-state index in [2.05, 4.69) is 45.1 Å². The summed E-state index contributed by atoms with van der Waals surface area (Å²) < 4.78 is 16.9. The first kappa shape index (κ1) is 70.9. The molecule has 0 saturated carbocycles. The van der Waals surface area contributed by atoms with Gasteiger partial charge in [-0.3, -0.25) is 14.4 Å². The fourth-order valence-corrected chi connectivity index (χ4v) is 9.97. The fourth-order valence-electron chi connectivity index (χ4n) is 9.97. The number of hydrogen-bond donors (Lipinski definition) is 0. The Balaban J connectivity index is 4.11. The summed E-state index contributed by atoms with van der Waals surface area (Å²) >= 11 is 0. The lowest BCUT2D eigenvalue weighted by atomic mass is 10.0. The largest absolute Gasteiger partial charge is 0.462 e.